The van der Waals surface area contributed by atoms with Gasteiger partial charge in [-0.15, -0.1) is 0 Å². The Kier molecular flexibility index (Phi) is 4.22. The number of fused-ring (bicyclic) bond motifs is 1. The van der Waals surface area contributed by atoms with Gasteiger partial charge in [0.25, 0.3) is 0 Å². The highest BCUT2D eigenvalue weighted by Crippen LogP contribution is 2.34. The zero-order chi connectivity index (χ0) is 18.1. The SMILES string of the molecule is O=C(c1ccc(Oc2ccccc2)cc1)c1cc2c(Br)c(O)ccc2o1. The smallest absolute Gasteiger partial charge is 0.228 e. The predicted molar refractivity (Wildman–Crippen MR) is 102 cm³/mol. The molecule has 3 aromatic carbocycles. The van der Waals surface area contributed by atoms with Gasteiger partial charge in [0.15, 0.2) is 5.76 Å². The summed E-state index contributed by atoms with van der Waals surface area (Å²) in [6.07, 6.45) is 0. The van der Waals surface area contributed by atoms with Crippen molar-refractivity contribution in [2.24, 2.45) is 0 Å². The van der Waals surface area contributed by atoms with Gasteiger partial charge in [-0.3, -0.25) is 4.79 Å². The van der Waals surface area contributed by atoms with E-state index < -0.39 is 0 Å². The molecule has 1 heterocycles. The zero-order valence-corrected chi connectivity index (χ0v) is 15.1. The molecule has 0 atom stereocenters. The van der Waals surface area contributed by atoms with Crippen molar-refractivity contribution in [3.8, 4) is 17.2 Å². The topological polar surface area (TPSA) is 59.7 Å². The van der Waals surface area contributed by atoms with Crippen molar-refractivity contribution >= 4 is 32.7 Å². The molecule has 4 aromatic rings. The van der Waals surface area contributed by atoms with E-state index in [0.717, 1.165) is 5.75 Å². The second-order valence-electron chi connectivity index (χ2n) is 5.69. The molecule has 26 heavy (non-hydrogen) atoms. The number of aromatic hydroxyl groups is 1. The Morgan fingerprint density at radius 1 is 0.923 bits per heavy atom. The van der Waals surface area contributed by atoms with E-state index in [0.29, 0.717) is 26.8 Å². The molecule has 5 heteroatoms. The number of benzene rings is 3. The number of para-hydroxylation sites is 1. The number of ether oxygens (including phenoxy) is 1. The van der Waals surface area contributed by atoms with E-state index in [9.17, 15) is 9.90 Å². The average molecular weight is 409 g/mol. The minimum absolute atomic E-state index is 0.0970. The molecule has 0 fully saturated rings. The van der Waals surface area contributed by atoms with Crippen LogP contribution in [0.2, 0.25) is 0 Å². The Morgan fingerprint density at radius 3 is 2.35 bits per heavy atom. The van der Waals surface area contributed by atoms with Gasteiger partial charge in [-0.2, -0.15) is 0 Å². The van der Waals surface area contributed by atoms with Crippen LogP contribution in [0.5, 0.6) is 17.2 Å². The third kappa shape index (κ3) is 3.09. The summed E-state index contributed by atoms with van der Waals surface area (Å²) in [5.41, 5.74) is 1.02. The van der Waals surface area contributed by atoms with Gasteiger partial charge >= 0.3 is 0 Å². The second-order valence-corrected chi connectivity index (χ2v) is 6.48. The highest BCUT2D eigenvalue weighted by atomic mass is 79.9. The van der Waals surface area contributed by atoms with Gasteiger partial charge in [0.1, 0.15) is 22.8 Å². The third-order valence-electron chi connectivity index (χ3n) is 3.93. The fraction of sp³-hybridized carbons (Fsp3) is 0. The predicted octanol–water partition coefficient (Wildman–Crippen LogP) is 5.92. The first-order valence-electron chi connectivity index (χ1n) is 7.90. The molecule has 1 N–H and O–H groups in total. The number of furan rings is 1. The highest BCUT2D eigenvalue weighted by molar-refractivity contribution is 9.10. The maximum absolute atomic E-state index is 12.7. The van der Waals surface area contributed by atoms with Crippen molar-refractivity contribution in [1.82, 2.24) is 0 Å². The normalized spacial score (nSPS) is 10.8. The number of hydrogen-bond donors (Lipinski definition) is 1. The van der Waals surface area contributed by atoms with Crippen molar-refractivity contribution in [3.05, 3.63) is 88.6 Å². The maximum atomic E-state index is 12.7. The van der Waals surface area contributed by atoms with Crippen LogP contribution in [-0.4, -0.2) is 10.9 Å². The molecule has 0 aliphatic heterocycles. The number of halogens is 1. The first kappa shape index (κ1) is 16.4. The first-order chi connectivity index (χ1) is 12.6. The molecule has 0 saturated carbocycles. The molecule has 4 rings (SSSR count). The van der Waals surface area contributed by atoms with E-state index in [2.05, 4.69) is 15.9 Å². The average Bonchev–Trinajstić information content (AvgIpc) is 3.11. The van der Waals surface area contributed by atoms with E-state index in [4.69, 9.17) is 9.15 Å². The van der Waals surface area contributed by atoms with Crippen LogP contribution < -0.4 is 4.74 Å². The summed E-state index contributed by atoms with van der Waals surface area (Å²) in [4.78, 5) is 12.7. The fourth-order valence-electron chi connectivity index (χ4n) is 2.62. The Labute approximate surface area is 157 Å². The number of hydrogen-bond acceptors (Lipinski definition) is 4. The summed E-state index contributed by atoms with van der Waals surface area (Å²) in [7, 11) is 0. The number of rotatable bonds is 4. The van der Waals surface area contributed by atoms with Crippen LogP contribution in [0.25, 0.3) is 11.0 Å². The summed E-state index contributed by atoms with van der Waals surface area (Å²) in [5, 5.41) is 10.4. The lowest BCUT2D eigenvalue weighted by Gasteiger charge is -2.05. The molecule has 128 valence electrons. The van der Waals surface area contributed by atoms with E-state index in [1.54, 1.807) is 36.4 Å². The van der Waals surface area contributed by atoms with Crippen LogP contribution in [0.4, 0.5) is 0 Å². The maximum Gasteiger partial charge on any atom is 0.228 e. The molecular formula is C21H13BrO4. The molecule has 0 amide bonds. The molecule has 0 saturated heterocycles. The number of carbonyl (C=O) groups excluding carboxylic acids is 1. The van der Waals surface area contributed by atoms with E-state index in [1.807, 2.05) is 30.3 Å². The second kappa shape index (κ2) is 6.69. The van der Waals surface area contributed by atoms with Gasteiger partial charge in [0.2, 0.25) is 5.78 Å². The summed E-state index contributed by atoms with van der Waals surface area (Å²) >= 11 is 3.30. The van der Waals surface area contributed by atoms with Gasteiger partial charge in [0.05, 0.1) is 4.47 Å². The number of phenolic OH excluding ortho intramolecular Hbond substituents is 1. The molecule has 4 nitrogen and oxygen atoms in total. The molecular weight excluding hydrogens is 396 g/mol. The van der Waals surface area contributed by atoms with Crippen molar-refractivity contribution < 1.29 is 19.1 Å². The Hall–Kier alpha value is -3.05. The molecule has 0 bridgehead atoms. The van der Waals surface area contributed by atoms with Crippen molar-refractivity contribution in [2.75, 3.05) is 0 Å². The minimum Gasteiger partial charge on any atom is -0.507 e. The minimum atomic E-state index is -0.237. The Bertz CT molecular complexity index is 1080. The van der Waals surface area contributed by atoms with Crippen LogP contribution in [0.1, 0.15) is 16.1 Å². The van der Waals surface area contributed by atoms with Crippen LogP contribution in [0, 0.1) is 0 Å². The lowest BCUT2D eigenvalue weighted by atomic mass is 10.1. The van der Waals surface area contributed by atoms with Crippen molar-refractivity contribution in [2.45, 2.75) is 0 Å². The van der Waals surface area contributed by atoms with Crippen LogP contribution >= 0.6 is 15.9 Å². The van der Waals surface area contributed by atoms with Gasteiger partial charge in [-0.25, -0.2) is 0 Å². The van der Waals surface area contributed by atoms with Crippen LogP contribution in [-0.2, 0) is 0 Å². The number of phenols is 1. The lowest BCUT2D eigenvalue weighted by molar-refractivity contribution is 0.101. The van der Waals surface area contributed by atoms with Crippen molar-refractivity contribution in [3.63, 3.8) is 0 Å². The Balaban J connectivity index is 1.59. The van der Waals surface area contributed by atoms with Gasteiger partial charge < -0.3 is 14.3 Å². The molecule has 0 unspecified atom stereocenters. The first-order valence-corrected chi connectivity index (χ1v) is 8.70. The largest absolute Gasteiger partial charge is 0.507 e. The summed E-state index contributed by atoms with van der Waals surface area (Å²) in [6.45, 7) is 0. The van der Waals surface area contributed by atoms with E-state index >= 15 is 0 Å². The van der Waals surface area contributed by atoms with Crippen molar-refractivity contribution in [1.29, 1.82) is 0 Å². The summed E-state index contributed by atoms with van der Waals surface area (Å²) in [5.74, 6) is 1.44. The van der Waals surface area contributed by atoms with Gasteiger partial charge in [-0.05, 0) is 70.5 Å². The summed E-state index contributed by atoms with van der Waals surface area (Å²) < 4.78 is 11.9. The lowest BCUT2D eigenvalue weighted by Crippen LogP contribution is -1.99. The fourth-order valence-corrected chi connectivity index (χ4v) is 3.06. The highest BCUT2D eigenvalue weighted by Gasteiger charge is 2.17. The standard InChI is InChI=1S/C21H13BrO4/c22-20-16-12-19(26-18(16)11-10-17(20)23)21(24)13-6-8-15(9-7-13)25-14-4-2-1-3-5-14/h1-12,23H. The van der Waals surface area contributed by atoms with Crippen LogP contribution in [0.15, 0.2) is 81.7 Å². The van der Waals surface area contributed by atoms with E-state index in [-0.39, 0.29) is 17.3 Å². The molecule has 0 radical (unpaired) electrons. The number of carbonyl (C=O) groups is 1. The van der Waals surface area contributed by atoms with Gasteiger partial charge in [-0.1, -0.05) is 18.2 Å². The number of ketones is 1. The van der Waals surface area contributed by atoms with E-state index in [1.165, 1.54) is 6.07 Å². The summed E-state index contributed by atoms with van der Waals surface area (Å²) in [6, 6.07) is 21.1. The molecule has 0 spiro atoms. The zero-order valence-electron chi connectivity index (χ0n) is 13.5. The molecule has 0 aliphatic rings. The molecule has 0 aliphatic carbocycles. The molecule has 1 aromatic heterocycles. The monoisotopic (exact) mass is 408 g/mol. The van der Waals surface area contributed by atoms with Gasteiger partial charge in [0, 0.05) is 10.9 Å². The van der Waals surface area contributed by atoms with Crippen LogP contribution in [0.3, 0.4) is 0 Å². The quantitative estimate of drug-likeness (QED) is 0.425. The Morgan fingerprint density at radius 2 is 1.62 bits per heavy atom. The third-order valence-corrected chi connectivity index (χ3v) is 4.77.